The Morgan fingerprint density at radius 3 is 2.79 bits per heavy atom. The molecular formula is C13H19FN2O2S. The van der Waals surface area contributed by atoms with Gasteiger partial charge in [-0.2, -0.15) is 0 Å². The van der Waals surface area contributed by atoms with Crippen molar-refractivity contribution in [3.8, 4) is 0 Å². The zero-order valence-electron chi connectivity index (χ0n) is 10.9. The molecule has 0 aliphatic heterocycles. The van der Waals surface area contributed by atoms with E-state index in [9.17, 15) is 12.8 Å². The molecule has 4 nitrogen and oxygen atoms in total. The second kappa shape index (κ2) is 5.56. The lowest BCUT2D eigenvalue weighted by Crippen LogP contribution is -2.39. The van der Waals surface area contributed by atoms with Gasteiger partial charge in [0.1, 0.15) is 5.82 Å². The monoisotopic (exact) mass is 286 g/mol. The van der Waals surface area contributed by atoms with Crippen LogP contribution >= 0.6 is 0 Å². The lowest BCUT2D eigenvalue weighted by molar-refractivity contribution is 0.452. The molecule has 1 aromatic carbocycles. The normalized spacial score (nSPS) is 23.7. The first-order valence-corrected chi connectivity index (χ1v) is 7.91. The smallest absolute Gasteiger partial charge is 0.240 e. The van der Waals surface area contributed by atoms with Crippen LogP contribution in [0.2, 0.25) is 0 Å². The van der Waals surface area contributed by atoms with E-state index >= 15 is 0 Å². The summed E-state index contributed by atoms with van der Waals surface area (Å²) in [6.07, 6.45) is 2.69. The number of hydrogen-bond acceptors (Lipinski definition) is 3. The average Bonchev–Trinajstić information content (AvgIpc) is 2.79. The highest BCUT2D eigenvalue weighted by atomic mass is 32.2. The van der Waals surface area contributed by atoms with Crippen molar-refractivity contribution < 1.29 is 12.8 Å². The van der Waals surface area contributed by atoms with Crippen molar-refractivity contribution in [2.75, 3.05) is 6.54 Å². The quantitative estimate of drug-likeness (QED) is 0.882. The number of nitrogens with one attached hydrogen (secondary N) is 1. The van der Waals surface area contributed by atoms with Gasteiger partial charge in [-0.15, -0.1) is 0 Å². The van der Waals surface area contributed by atoms with Gasteiger partial charge < -0.3 is 5.73 Å². The summed E-state index contributed by atoms with van der Waals surface area (Å²) in [6.45, 7) is 2.07. The summed E-state index contributed by atoms with van der Waals surface area (Å²) in [5, 5.41) is 0. The maximum atomic E-state index is 13.5. The molecule has 0 bridgehead atoms. The van der Waals surface area contributed by atoms with E-state index < -0.39 is 15.8 Å². The van der Waals surface area contributed by atoms with Crippen molar-refractivity contribution in [2.45, 2.75) is 37.1 Å². The highest BCUT2D eigenvalue weighted by Crippen LogP contribution is 2.26. The Morgan fingerprint density at radius 1 is 1.42 bits per heavy atom. The van der Waals surface area contributed by atoms with Crippen molar-refractivity contribution in [3.05, 3.63) is 29.6 Å². The minimum absolute atomic E-state index is 0.0294. The first kappa shape index (κ1) is 14.4. The predicted octanol–water partition coefficient (Wildman–Crippen LogP) is 1.54. The number of halogens is 1. The van der Waals surface area contributed by atoms with E-state index in [2.05, 4.69) is 4.72 Å². The maximum absolute atomic E-state index is 13.5. The highest BCUT2D eigenvalue weighted by molar-refractivity contribution is 7.89. The molecule has 19 heavy (non-hydrogen) atoms. The second-order valence-corrected chi connectivity index (χ2v) is 6.78. The molecule has 3 N–H and O–H groups in total. The number of aryl methyl sites for hydroxylation is 1. The Hall–Kier alpha value is -0.980. The molecular weight excluding hydrogens is 267 g/mol. The molecule has 106 valence electrons. The number of hydrogen-bond donors (Lipinski definition) is 2. The Labute approximate surface area is 113 Å². The van der Waals surface area contributed by atoms with E-state index in [-0.39, 0.29) is 16.9 Å². The number of nitrogens with two attached hydrogens (primary N) is 1. The zero-order chi connectivity index (χ0) is 14.0. The largest absolute Gasteiger partial charge is 0.330 e. The van der Waals surface area contributed by atoms with E-state index in [4.69, 9.17) is 5.73 Å². The summed E-state index contributed by atoms with van der Waals surface area (Å²) in [4.78, 5) is -0.0294. The van der Waals surface area contributed by atoms with Crippen LogP contribution in [0.5, 0.6) is 0 Å². The second-order valence-electron chi connectivity index (χ2n) is 5.07. The van der Waals surface area contributed by atoms with Crippen LogP contribution < -0.4 is 10.5 Å². The molecule has 1 aliphatic carbocycles. The third-order valence-electron chi connectivity index (χ3n) is 3.72. The first-order valence-electron chi connectivity index (χ1n) is 6.42. The predicted molar refractivity (Wildman–Crippen MR) is 71.6 cm³/mol. The molecule has 0 unspecified atom stereocenters. The Balaban J connectivity index is 2.20. The van der Waals surface area contributed by atoms with Crippen LogP contribution in [0.3, 0.4) is 0 Å². The van der Waals surface area contributed by atoms with Gasteiger partial charge in [0.2, 0.25) is 10.0 Å². The van der Waals surface area contributed by atoms with Gasteiger partial charge in [-0.1, -0.05) is 12.5 Å². The molecule has 1 aliphatic rings. The Bertz CT molecular complexity index is 560. The van der Waals surface area contributed by atoms with Gasteiger partial charge >= 0.3 is 0 Å². The van der Waals surface area contributed by atoms with E-state index in [0.717, 1.165) is 25.3 Å². The Kier molecular flexibility index (Phi) is 4.23. The third-order valence-corrected chi connectivity index (χ3v) is 5.21. The Morgan fingerprint density at radius 2 is 2.16 bits per heavy atom. The van der Waals surface area contributed by atoms with Crippen LogP contribution in [0.4, 0.5) is 4.39 Å². The third kappa shape index (κ3) is 3.13. The lowest BCUT2D eigenvalue weighted by Gasteiger charge is -2.19. The fourth-order valence-corrected chi connectivity index (χ4v) is 3.83. The topological polar surface area (TPSA) is 72.2 Å². The SMILES string of the molecule is Cc1ccc(S(=O)(=O)N[C@H]2CCC[C@@H]2CN)cc1F. The van der Waals surface area contributed by atoms with Crippen molar-refractivity contribution in [1.82, 2.24) is 4.72 Å². The summed E-state index contributed by atoms with van der Waals surface area (Å²) >= 11 is 0. The summed E-state index contributed by atoms with van der Waals surface area (Å²) in [7, 11) is -3.67. The van der Waals surface area contributed by atoms with E-state index in [1.165, 1.54) is 12.1 Å². The summed E-state index contributed by atoms with van der Waals surface area (Å²) in [5.41, 5.74) is 6.06. The van der Waals surface area contributed by atoms with E-state index in [1.54, 1.807) is 6.92 Å². The van der Waals surface area contributed by atoms with Crippen LogP contribution in [0.25, 0.3) is 0 Å². The van der Waals surface area contributed by atoms with Crippen molar-refractivity contribution in [3.63, 3.8) is 0 Å². The molecule has 0 aromatic heterocycles. The van der Waals surface area contributed by atoms with Crippen LogP contribution in [0, 0.1) is 18.7 Å². The minimum atomic E-state index is -3.67. The van der Waals surface area contributed by atoms with Gasteiger partial charge in [0.25, 0.3) is 0 Å². The van der Waals surface area contributed by atoms with Crippen LogP contribution in [0.15, 0.2) is 23.1 Å². The van der Waals surface area contributed by atoms with Crippen LogP contribution in [-0.4, -0.2) is 21.0 Å². The van der Waals surface area contributed by atoms with Gasteiger partial charge in [-0.3, -0.25) is 0 Å². The highest BCUT2D eigenvalue weighted by Gasteiger charge is 2.30. The average molecular weight is 286 g/mol. The molecule has 1 saturated carbocycles. The molecule has 1 fully saturated rings. The number of benzene rings is 1. The zero-order valence-corrected chi connectivity index (χ0v) is 11.7. The van der Waals surface area contributed by atoms with Gasteiger partial charge in [-0.05, 0) is 49.9 Å². The molecule has 0 saturated heterocycles. The standard InChI is InChI=1S/C13H19FN2O2S/c1-9-5-6-11(7-12(9)14)19(17,18)16-13-4-2-3-10(13)8-15/h5-7,10,13,16H,2-4,8,15H2,1H3/t10-,13+/m1/s1. The van der Waals surface area contributed by atoms with Gasteiger partial charge in [-0.25, -0.2) is 17.5 Å². The van der Waals surface area contributed by atoms with Gasteiger partial charge in [0.05, 0.1) is 4.90 Å². The van der Waals surface area contributed by atoms with E-state index in [1.807, 2.05) is 0 Å². The molecule has 0 heterocycles. The van der Waals surface area contributed by atoms with Crippen molar-refractivity contribution in [1.29, 1.82) is 0 Å². The van der Waals surface area contributed by atoms with Gasteiger partial charge in [0.15, 0.2) is 0 Å². The van der Waals surface area contributed by atoms with E-state index in [0.29, 0.717) is 12.1 Å². The summed E-state index contributed by atoms with van der Waals surface area (Å²) in [6, 6.07) is 3.82. The van der Waals surface area contributed by atoms with Crippen LogP contribution in [0.1, 0.15) is 24.8 Å². The summed E-state index contributed by atoms with van der Waals surface area (Å²) in [5.74, 6) is -0.338. The molecule has 2 atom stereocenters. The summed E-state index contributed by atoms with van der Waals surface area (Å²) < 4.78 is 40.5. The molecule has 6 heteroatoms. The van der Waals surface area contributed by atoms with Crippen molar-refractivity contribution in [2.24, 2.45) is 11.7 Å². The fraction of sp³-hybridized carbons (Fsp3) is 0.538. The molecule has 0 spiro atoms. The van der Waals surface area contributed by atoms with Gasteiger partial charge in [0, 0.05) is 6.04 Å². The molecule has 0 amide bonds. The maximum Gasteiger partial charge on any atom is 0.240 e. The lowest BCUT2D eigenvalue weighted by atomic mass is 10.1. The fourth-order valence-electron chi connectivity index (χ4n) is 2.48. The molecule has 1 aromatic rings. The number of rotatable bonds is 4. The molecule has 2 rings (SSSR count). The molecule has 0 radical (unpaired) electrons. The first-order chi connectivity index (χ1) is 8.94. The van der Waals surface area contributed by atoms with Crippen molar-refractivity contribution >= 4 is 10.0 Å². The minimum Gasteiger partial charge on any atom is -0.330 e. The number of sulfonamides is 1. The van der Waals surface area contributed by atoms with Crippen LogP contribution in [-0.2, 0) is 10.0 Å².